The van der Waals surface area contributed by atoms with Crippen molar-refractivity contribution in [1.29, 1.82) is 0 Å². The van der Waals surface area contributed by atoms with E-state index in [9.17, 15) is 0 Å². The highest BCUT2D eigenvalue weighted by molar-refractivity contribution is 7.99. The molecular formula is C12H26N2S. The van der Waals surface area contributed by atoms with Crippen molar-refractivity contribution in [2.75, 3.05) is 32.1 Å². The fourth-order valence-electron chi connectivity index (χ4n) is 2.02. The Kier molecular flexibility index (Phi) is 6.02. The first-order chi connectivity index (χ1) is 7.09. The molecule has 0 bridgehead atoms. The van der Waals surface area contributed by atoms with E-state index in [0.29, 0.717) is 6.04 Å². The quantitative estimate of drug-likeness (QED) is 0.778. The number of hydrogen-bond acceptors (Lipinski definition) is 3. The molecule has 0 aromatic carbocycles. The highest BCUT2D eigenvalue weighted by Gasteiger charge is 2.20. The van der Waals surface area contributed by atoms with E-state index in [0.717, 1.165) is 18.5 Å². The molecule has 1 saturated heterocycles. The molecule has 0 radical (unpaired) electrons. The summed E-state index contributed by atoms with van der Waals surface area (Å²) in [6.07, 6.45) is 2.70. The predicted molar refractivity (Wildman–Crippen MR) is 70.7 cm³/mol. The normalized spacial score (nSPS) is 21.2. The van der Waals surface area contributed by atoms with Crippen LogP contribution in [0.2, 0.25) is 0 Å². The Balaban J connectivity index is 2.35. The van der Waals surface area contributed by atoms with Crippen LogP contribution < -0.4 is 5.32 Å². The average molecular weight is 230 g/mol. The summed E-state index contributed by atoms with van der Waals surface area (Å²) in [5.74, 6) is 3.40. The highest BCUT2D eigenvalue weighted by atomic mass is 32.2. The molecule has 0 aromatic rings. The number of nitrogens with zero attached hydrogens (tertiary/aromatic N) is 1. The molecule has 0 aromatic heterocycles. The van der Waals surface area contributed by atoms with E-state index in [1.807, 2.05) is 0 Å². The minimum atomic E-state index is 0.646. The third-order valence-electron chi connectivity index (χ3n) is 3.04. The second kappa shape index (κ2) is 6.77. The molecule has 0 amide bonds. The Labute approximate surface area is 99.2 Å². The van der Waals surface area contributed by atoms with Crippen LogP contribution in [0.4, 0.5) is 0 Å². The van der Waals surface area contributed by atoms with Crippen LogP contribution in [-0.4, -0.2) is 49.1 Å². The lowest BCUT2D eigenvalue weighted by atomic mass is 10.0. The van der Waals surface area contributed by atoms with Gasteiger partial charge in [-0.3, -0.25) is 0 Å². The van der Waals surface area contributed by atoms with Gasteiger partial charge < -0.3 is 10.2 Å². The Morgan fingerprint density at radius 1 is 1.27 bits per heavy atom. The Bertz CT molecular complexity index is 165. The molecule has 1 aliphatic rings. The third kappa shape index (κ3) is 5.23. The van der Waals surface area contributed by atoms with Gasteiger partial charge in [0.1, 0.15) is 0 Å². The van der Waals surface area contributed by atoms with Gasteiger partial charge in [0.25, 0.3) is 0 Å². The summed E-state index contributed by atoms with van der Waals surface area (Å²) in [4.78, 5) is 2.29. The van der Waals surface area contributed by atoms with Crippen LogP contribution in [0.1, 0.15) is 26.7 Å². The van der Waals surface area contributed by atoms with Gasteiger partial charge in [-0.25, -0.2) is 0 Å². The fourth-order valence-corrected chi connectivity index (χ4v) is 3.12. The van der Waals surface area contributed by atoms with Gasteiger partial charge >= 0.3 is 0 Å². The first-order valence-electron chi connectivity index (χ1n) is 6.08. The predicted octanol–water partition coefficient (Wildman–Crippen LogP) is 2.06. The van der Waals surface area contributed by atoms with Crippen molar-refractivity contribution in [2.45, 2.75) is 38.8 Å². The number of nitrogens with one attached hydrogen (secondary N) is 1. The van der Waals surface area contributed by atoms with Gasteiger partial charge in [0, 0.05) is 18.6 Å². The number of hydrogen-bond donors (Lipinski definition) is 1. The zero-order valence-electron chi connectivity index (χ0n) is 10.6. The van der Waals surface area contributed by atoms with Crippen molar-refractivity contribution >= 4 is 11.8 Å². The van der Waals surface area contributed by atoms with Gasteiger partial charge in [-0.1, -0.05) is 13.8 Å². The average Bonchev–Trinajstić information content (AvgIpc) is 2.17. The van der Waals surface area contributed by atoms with Crippen LogP contribution in [0.5, 0.6) is 0 Å². The largest absolute Gasteiger partial charge is 0.310 e. The van der Waals surface area contributed by atoms with Gasteiger partial charge in [-0.15, -0.1) is 0 Å². The zero-order chi connectivity index (χ0) is 11.3. The Morgan fingerprint density at radius 3 is 2.33 bits per heavy atom. The molecule has 1 N–H and O–H groups in total. The van der Waals surface area contributed by atoms with Crippen molar-refractivity contribution in [2.24, 2.45) is 5.92 Å². The molecule has 1 unspecified atom stereocenters. The van der Waals surface area contributed by atoms with Crippen molar-refractivity contribution in [3.63, 3.8) is 0 Å². The van der Waals surface area contributed by atoms with Gasteiger partial charge in [0.2, 0.25) is 0 Å². The van der Waals surface area contributed by atoms with E-state index in [2.05, 4.69) is 49.9 Å². The minimum Gasteiger partial charge on any atom is -0.310 e. The smallest absolute Gasteiger partial charge is 0.0220 e. The van der Waals surface area contributed by atoms with Crippen LogP contribution in [0.3, 0.4) is 0 Å². The fraction of sp³-hybridized carbons (Fsp3) is 1.00. The lowest BCUT2D eigenvalue weighted by molar-refractivity contribution is 0.263. The molecular weight excluding hydrogens is 204 g/mol. The molecule has 90 valence electrons. The molecule has 1 atom stereocenters. The lowest BCUT2D eigenvalue weighted by Gasteiger charge is -2.32. The maximum absolute atomic E-state index is 3.83. The lowest BCUT2D eigenvalue weighted by Crippen LogP contribution is -2.48. The van der Waals surface area contributed by atoms with E-state index in [-0.39, 0.29) is 0 Å². The summed E-state index contributed by atoms with van der Waals surface area (Å²) in [7, 11) is 4.32. The van der Waals surface area contributed by atoms with E-state index >= 15 is 0 Å². The first kappa shape index (κ1) is 13.3. The summed E-state index contributed by atoms with van der Waals surface area (Å²) in [5.41, 5.74) is 0. The first-order valence-corrected chi connectivity index (χ1v) is 7.23. The summed E-state index contributed by atoms with van der Waals surface area (Å²) in [6.45, 7) is 5.79. The standard InChI is InChI=1S/C12H26N2S/c1-10(2)12(9-14(3)4)13-11-5-7-15-8-6-11/h10-13H,5-9H2,1-4H3. The summed E-state index contributed by atoms with van der Waals surface area (Å²) >= 11 is 2.10. The second-order valence-electron chi connectivity index (χ2n) is 5.17. The van der Waals surface area contributed by atoms with Gasteiger partial charge in [-0.2, -0.15) is 11.8 Å². The number of likely N-dealkylation sites (N-methyl/N-ethyl adjacent to an activating group) is 1. The van der Waals surface area contributed by atoms with Crippen LogP contribution in [0.15, 0.2) is 0 Å². The SMILES string of the molecule is CC(C)C(CN(C)C)NC1CCSCC1. The summed E-state index contributed by atoms with van der Waals surface area (Å²) < 4.78 is 0. The molecule has 0 saturated carbocycles. The van der Waals surface area contributed by atoms with Crippen LogP contribution in [-0.2, 0) is 0 Å². The molecule has 1 fully saturated rings. The van der Waals surface area contributed by atoms with E-state index in [1.54, 1.807) is 0 Å². The van der Waals surface area contributed by atoms with Crippen molar-refractivity contribution in [3.8, 4) is 0 Å². The molecule has 1 heterocycles. The molecule has 2 nitrogen and oxygen atoms in total. The van der Waals surface area contributed by atoms with E-state index < -0.39 is 0 Å². The number of rotatable bonds is 5. The Hall–Kier alpha value is 0.270. The molecule has 1 rings (SSSR count). The van der Waals surface area contributed by atoms with Crippen molar-refractivity contribution in [3.05, 3.63) is 0 Å². The third-order valence-corrected chi connectivity index (χ3v) is 4.09. The van der Waals surface area contributed by atoms with E-state index in [1.165, 1.54) is 24.3 Å². The minimum absolute atomic E-state index is 0.646. The topological polar surface area (TPSA) is 15.3 Å². The number of thioether (sulfide) groups is 1. The van der Waals surface area contributed by atoms with E-state index in [4.69, 9.17) is 0 Å². The maximum Gasteiger partial charge on any atom is 0.0220 e. The molecule has 0 aliphatic carbocycles. The zero-order valence-corrected chi connectivity index (χ0v) is 11.4. The summed E-state index contributed by atoms with van der Waals surface area (Å²) in [6, 6.07) is 1.41. The van der Waals surface area contributed by atoms with Gasteiger partial charge in [-0.05, 0) is 44.4 Å². The second-order valence-corrected chi connectivity index (χ2v) is 6.39. The van der Waals surface area contributed by atoms with Crippen LogP contribution >= 0.6 is 11.8 Å². The maximum atomic E-state index is 3.83. The molecule has 0 spiro atoms. The molecule has 1 aliphatic heterocycles. The molecule has 3 heteroatoms. The van der Waals surface area contributed by atoms with Crippen LogP contribution in [0.25, 0.3) is 0 Å². The monoisotopic (exact) mass is 230 g/mol. The highest BCUT2D eigenvalue weighted by Crippen LogP contribution is 2.18. The van der Waals surface area contributed by atoms with Gasteiger partial charge in [0.15, 0.2) is 0 Å². The summed E-state index contributed by atoms with van der Waals surface area (Å²) in [5, 5.41) is 3.83. The Morgan fingerprint density at radius 2 is 1.87 bits per heavy atom. The van der Waals surface area contributed by atoms with Gasteiger partial charge in [0.05, 0.1) is 0 Å². The van der Waals surface area contributed by atoms with Crippen LogP contribution in [0, 0.1) is 5.92 Å². The van der Waals surface area contributed by atoms with Crippen molar-refractivity contribution in [1.82, 2.24) is 10.2 Å². The van der Waals surface area contributed by atoms with Crippen molar-refractivity contribution < 1.29 is 0 Å². The molecule has 15 heavy (non-hydrogen) atoms.